The summed E-state index contributed by atoms with van der Waals surface area (Å²) in [5, 5.41) is 9.66. The maximum absolute atomic E-state index is 13.1. The topological polar surface area (TPSA) is 52.5 Å². The maximum Gasteiger partial charge on any atom is 0.134 e. The molecule has 0 unspecified atom stereocenters. The second kappa shape index (κ2) is 6.96. The van der Waals surface area contributed by atoms with Gasteiger partial charge in [0.1, 0.15) is 23.8 Å². The van der Waals surface area contributed by atoms with Gasteiger partial charge in [-0.15, -0.1) is 0 Å². The highest BCUT2D eigenvalue weighted by atomic mass is 19.1. The van der Waals surface area contributed by atoms with Crippen molar-refractivity contribution in [1.82, 2.24) is 9.97 Å². The van der Waals surface area contributed by atoms with E-state index in [0.29, 0.717) is 5.92 Å². The van der Waals surface area contributed by atoms with Crippen molar-refractivity contribution in [2.24, 2.45) is 0 Å². The average Bonchev–Trinajstić information content (AvgIpc) is 3.13. The summed E-state index contributed by atoms with van der Waals surface area (Å²) in [4.78, 5) is 13.4. The summed E-state index contributed by atoms with van der Waals surface area (Å²) in [6, 6.07) is 8.88. The smallest absolute Gasteiger partial charge is 0.134 e. The van der Waals surface area contributed by atoms with E-state index in [2.05, 4.69) is 19.8 Å². The summed E-state index contributed by atoms with van der Waals surface area (Å²) in [5.74, 6) is 2.10. The first kappa shape index (κ1) is 16.3. The fourth-order valence-corrected chi connectivity index (χ4v) is 3.75. The minimum Gasteiger partial charge on any atom is -0.393 e. The minimum atomic E-state index is -0.189. The third-order valence-electron chi connectivity index (χ3n) is 5.28. The maximum atomic E-state index is 13.1. The standard InChI is InChI=1S/C19H23FN4O/c20-16-3-1-14(2-4-16)15-5-8-24(12-15)19-11-18(21-13-22-19)23-9-6-17(25)7-10-23/h1-4,11,13,15,17,25H,5-10,12H2/t15-/m1/s1. The van der Waals surface area contributed by atoms with Gasteiger partial charge in [-0.3, -0.25) is 0 Å². The molecule has 2 saturated heterocycles. The largest absolute Gasteiger partial charge is 0.393 e. The lowest BCUT2D eigenvalue weighted by molar-refractivity contribution is 0.145. The van der Waals surface area contributed by atoms with Crippen molar-refractivity contribution in [3.8, 4) is 0 Å². The third kappa shape index (κ3) is 3.58. The lowest BCUT2D eigenvalue weighted by Gasteiger charge is -2.31. The van der Waals surface area contributed by atoms with Crippen LogP contribution in [0.3, 0.4) is 0 Å². The van der Waals surface area contributed by atoms with Crippen LogP contribution in [0.25, 0.3) is 0 Å². The molecule has 132 valence electrons. The van der Waals surface area contributed by atoms with Gasteiger partial charge in [0.25, 0.3) is 0 Å². The van der Waals surface area contributed by atoms with E-state index in [9.17, 15) is 9.50 Å². The zero-order valence-electron chi connectivity index (χ0n) is 14.2. The van der Waals surface area contributed by atoms with Crippen molar-refractivity contribution in [3.63, 3.8) is 0 Å². The molecule has 0 bridgehead atoms. The summed E-state index contributed by atoms with van der Waals surface area (Å²) in [6.07, 6.45) is 4.06. The SMILES string of the molecule is OC1CCN(c2cc(N3CC[C@@H](c4ccc(F)cc4)C3)ncn2)CC1. The Balaban J connectivity index is 1.45. The van der Waals surface area contributed by atoms with Gasteiger partial charge in [0, 0.05) is 38.2 Å². The van der Waals surface area contributed by atoms with Gasteiger partial charge in [0.15, 0.2) is 0 Å². The van der Waals surface area contributed by atoms with E-state index in [1.807, 2.05) is 18.2 Å². The van der Waals surface area contributed by atoms with E-state index in [0.717, 1.165) is 57.1 Å². The molecule has 6 heteroatoms. The van der Waals surface area contributed by atoms with Crippen LogP contribution in [-0.4, -0.2) is 47.4 Å². The van der Waals surface area contributed by atoms with Crippen molar-refractivity contribution in [2.45, 2.75) is 31.3 Å². The van der Waals surface area contributed by atoms with Gasteiger partial charge in [-0.2, -0.15) is 0 Å². The van der Waals surface area contributed by atoms with E-state index in [-0.39, 0.29) is 11.9 Å². The van der Waals surface area contributed by atoms with Gasteiger partial charge in [0.05, 0.1) is 6.10 Å². The molecule has 1 aromatic carbocycles. The molecule has 0 saturated carbocycles. The zero-order valence-corrected chi connectivity index (χ0v) is 14.2. The van der Waals surface area contributed by atoms with Gasteiger partial charge in [-0.25, -0.2) is 14.4 Å². The van der Waals surface area contributed by atoms with Gasteiger partial charge in [0.2, 0.25) is 0 Å². The number of aliphatic hydroxyl groups is 1. The summed E-state index contributed by atoms with van der Waals surface area (Å²) in [5.41, 5.74) is 1.18. The zero-order chi connectivity index (χ0) is 17.2. The fourth-order valence-electron chi connectivity index (χ4n) is 3.75. The van der Waals surface area contributed by atoms with Crippen LogP contribution in [-0.2, 0) is 0 Å². The fraction of sp³-hybridized carbons (Fsp3) is 0.474. The van der Waals surface area contributed by atoms with E-state index >= 15 is 0 Å². The highest BCUT2D eigenvalue weighted by molar-refractivity contribution is 5.51. The number of nitrogens with zero attached hydrogens (tertiary/aromatic N) is 4. The van der Waals surface area contributed by atoms with Crippen LogP contribution in [0.1, 0.15) is 30.7 Å². The summed E-state index contributed by atoms with van der Waals surface area (Å²) in [7, 11) is 0. The highest BCUT2D eigenvalue weighted by Crippen LogP contribution is 2.31. The summed E-state index contributed by atoms with van der Waals surface area (Å²) >= 11 is 0. The Hall–Kier alpha value is -2.21. The minimum absolute atomic E-state index is 0.187. The predicted molar refractivity (Wildman–Crippen MR) is 95.5 cm³/mol. The molecular weight excluding hydrogens is 319 g/mol. The number of benzene rings is 1. The first-order valence-electron chi connectivity index (χ1n) is 8.94. The lowest BCUT2D eigenvalue weighted by atomic mass is 9.99. The van der Waals surface area contributed by atoms with Crippen LogP contribution < -0.4 is 9.80 Å². The first-order valence-corrected chi connectivity index (χ1v) is 8.94. The number of halogens is 1. The van der Waals surface area contributed by atoms with E-state index in [4.69, 9.17) is 0 Å². The molecule has 0 spiro atoms. The Bertz CT molecular complexity index is 716. The molecule has 25 heavy (non-hydrogen) atoms. The Morgan fingerprint density at radius 1 is 0.920 bits per heavy atom. The van der Waals surface area contributed by atoms with Crippen molar-refractivity contribution < 1.29 is 9.50 Å². The summed E-state index contributed by atoms with van der Waals surface area (Å²) in [6.45, 7) is 3.49. The molecule has 1 N–H and O–H groups in total. The van der Waals surface area contributed by atoms with Gasteiger partial charge < -0.3 is 14.9 Å². The normalized spacial score (nSPS) is 21.8. The van der Waals surface area contributed by atoms with Gasteiger partial charge in [-0.1, -0.05) is 12.1 Å². The molecule has 2 aliphatic rings. The number of piperidine rings is 1. The molecule has 2 fully saturated rings. The highest BCUT2D eigenvalue weighted by Gasteiger charge is 2.26. The molecule has 5 nitrogen and oxygen atoms in total. The third-order valence-corrected chi connectivity index (χ3v) is 5.28. The average molecular weight is 342 g/mol. The van der Waals surface area contributed by atoms with Crippen LogP contribution in [0, 0.1) is 5.82 Å². The van der Waals surface area contributed by atoms with Crippen molar-refractivity contribution in [3.05, 3.63) is 48.0 Å². The number of aromatic nitrogens is 2. The molecule has 2 aromatic rings. The molecule has 1 aromatic heterocycles. The molecule has 1 atom stereocenters. The second-order valence-corrected chi connectivity index (χ2v) is 6.94. The first-order chi connectivity index (χ1) is 12.2. The van der Waals surface area contributed by atoms with Crippen LogP contribution >= 0.6 is 0 Å². The monoisotopic (exact) mass is 342 g/mol. The van der Waals surface area contributed by atoms with Gasteiger partial charge >= 0.3 is 0 Å². The van der Waals surface area contributed by atoms with Crippen molar-refractivity contribution in [1.29, 1.82) is 0 Å². The second-order valence-electron chi connectivity index (χ2n) is 6.94. The predicted octanol–water partition coefficient (Wildman–Crippen LogP) is 2.57. The number of aliphatic hydroxyl groups excluding tert-OH is 1. The molecule has 0 aliphatic carbocycles. The van der Waals surface area contributed by atoms with Crippen molar-refractivity contribution in [2.75, 3.05) is 36.0 Å². The molecule has 0 amide bonds. The van der Waals surface area contributed by atoms with Crippen LogP contribution in [0.5, 0.6) is 0 Å². The van der Waals surface area contributed by atoms with Crippen LogP contribution in [0.4, 0.5) is 16.0 Å². The van der Waals surface area contributed by atoms with E-state index in [1.54, 1.807) is 6.33 Å². The van der Waals surface area contributed by atoms with Crippen molar-refractivity contribution >= 4 is 11.6 Å². The number of anilines is 2. The molecule has 3 heterocycles. The Labute approximate surface area is 147 Å². The van der Waals surface area contributed by atoms with Crippen LogP contribution in [0.2, 0.25) is 0 Å². The lowest BCUT2D eigenvalue weighted by Crippen LogP contribution is -2.36. The number of hydrogen-bond acceptors (Lipinski definition) is 5. The molecular formula is C19H23FN4O. The molecule has 0 radical (unpaired) electrons. The number of rotatable bonds is 3. The van der Waals surface area contributed by atoms with E-state index in [1.165, 1.54) is 17.7 Å². The quantitative estimate of drug-likeness (QED) is 0.929. The van der Waals surface area contributed by atoms with E-state index < -0.39 is 0 Å². The Kier molecular flexibility index (Phi) is 4.53. The number of hydrogen-bond donors (Lipinski definition) is 1. The Morgan fingerprint density at radius 2 is 1.56 bits per heavy atom. The Morgan fingerprint density at radius 3 is 2.28 bits per heavy atom. The van der Waals surface area contributed by atoms with Gasteiger partial charge in [-0.05, 0) is 37.0 Å². The summed E-state index contributed by atoms with van der Waals surface area (Å²) < 4.78 is 13.1. The molecule has 4 rings (SSSR count). The van der Waals surface area contributed by atoms with Crippen LogP contribution in [0.15, 0.2) is 36.7 Å². The molecule has 2 aliphatic heterocycles.